The molecule has 6 heteroatoms. The largest absolute Gasteiger partial charge is 0.365 e. The molecule has 2 N–H and O–H groups in total. The van der Waals surface area contributed by atoms with Crippen molar-refractivity contribution in [1.29, 1.82) is 0 Å². The first-order valence-electron chi connectivity index (χ1n) is 6.27. The third-order valence-electron chi connectivity index (χ3n) is 2.90. The minimum absolute atomic E-state index is 0.0606. The van der Waals surface area contributed by atoms with Crippen molar-refractivity contribution < 1.29 is 4.79 Å². The van der Waals surface area contributed by atoms with Crippen molar-refractivity contribution in [2.45, 2.75) is 26.7 Å². The van der Waals surface area contributed by atoms with Crippen molar-refractivity contribution >= 4 is 5.91 Å². The lowest BCUT2D eigenvalue weighted by Gasteiger charge is -2.10. The molecule has 0 radical (unpaired) electrons. The molecule has 0 saturated heterocycles. The topological polar surface area (TPSA) is 90.9 Å². The molecule has 0 atom stereocenters. The van der Waals surface area contributed by atoms with Crippen LogP contribution in [0.3, 0.4) is 0 Å². The molecule has 6 nitrogen and oxygen atoms in total. The van der Waals surface area contributed by atoms with Gasteiger partial charge in [-0.1, -0.05) is 19.9 Å². The Morgan fingerprint density at radius 1 is 1.35 bits per heavy atom. The molecule has 0 aromatic carbocycles. The summed E-state index contributed by atoms with van der Waals surface area (Å²) < 4.78 is 1.12. The number of nitrogens with two attached hydrogens (primary N) is 1. The Morgan fingerprint density at radius 3 is 2.55 bits per heavy atom. The van der Waals surface area contributed by atoms with Gasteiger partial charge in [-0.15, -0.1) is 0 Å². The van der Waals surface area contributed by atoms with Gasteiger partial charge >= 0.3 is 0 Å². The first-order chi connectivity index (χ1) is 9.40. The average Bonchev–Trinajstić information content (AvgIpc) is 2.39. The van der Waals surface area contributed by atoms with E-state index in [0.717, 1.165) is 10.2 Å². The van der Waals surface area contributed by atoms with E-state index in [9.17, 15) is 9.59 Å². The predicted molar refractivity (Wildman–Crippen MR) is 75.0 cm³/mol. The van der Waals surface area contributed by atoms with Crippen molar-refractivity contribution in [3.05, 3.63) is 51.6 Å². The van der Waals surface area contributed by atoms with Crippen molar-refractivity contribution in [2.75, 3.05) is 0 Å². The Labute approximate surface area is 116 Å². The first-order valence-corrected chi connectivity index (χ1v) is 6.27. The van der Waals surface area contributed by atoms with Gasteiger partial charge in [0, 0.05) is 6.20 Å². The number of hydrogen-bond donors (Lipinski definition) is 1. The molecule has 0 fully saturated rings. The number of primary amides is 1. The minimum Gasteiger partial charge on any atom is -0.365 e. The van der Waals surface area contributed by atoms with Crippen LogP contribution in [0.1, 0.15) is 41.4 Å². The van der Waals surface area contributed by atoms with E-state index >= 15 is 0 Å². The third kappa shape index (κ3) is 2.59. The van der Waals surface area contributed by atoms with E-state index in [1.807, 2.05) is 26.8 Å². The summed E-state index contributed by atoms with van der Waals surface area (Å²) in [5, 5.41) is 4.25. The maximum Gasteiger partial charge on any atom is 0.285 e. The standard InChI is InChI=1S/C14H16N4O2/c1-8(2)11-6-10(13(15)19)14(20)18(17-11)12-5-4-9(3)7-16-12/h4-8H,1-3H3,(H2,15,19). The molecule has 0 unspecified atom stereocenters. The van der Waals surface area contributed by atoms with Crippen LogP contribution in [0.15, 0.2) is 29.2 Å². The quantitative estimate of drug-likeness (QED) is 0.907. The molecule has 0 spiro atoms. The maximum absolute atomic E-state index is 12.2. The highest BCUT2D eigenvalue weighted by molar-refractivity contribution is 5.92. The Kier molecular flexibility index (Phi) is 3.65. The van der Waals surface area contributed by atoms with E-state index < -0.39 is 11.5 Å². The number of nitrogens with zero attached hydrogens (tertiary/aromatic N) is 3. The molecule has 2 aromatic heterocycles. The molecule has 0 bridgehead atoms. The Morgan fingerprint density at radius 2 is 2.05 bits per heavy atom. The van der Waals surface area contributed by atoms with Gasteiger partial charge < -0.3 is 5.73 Å². The number of pyridine rings is 1. The van der Waals surface area contributed by atoms with Crippen LogP contribution in [0.5, 0.6) is 0 Å². The van der Waals surface area contributed by atoms with E-state index in [4.69, 9.17) is 5.73 Å². The lowest BCUT2D eigenvalue weighted by molar-refractivity contribution is 0.0998. The Hall–Kier alpha value is -2.50. The van der Waals surface area contributed by atoms with E-state index in [0.29, 0.717) is 11.5 Å². The molecule has 2 heterocycles. The van der Waals surface area contributed by atoms with Gasteiger partial charge in [0.25, 0.3) is 11.5 Å². The van der Waals surface area contributed by atoms with Crippen LogP contribution in [-0.2, 0) is 0 Å². The molecule has 1 amide bonds. The zero-order valence-electron chi connectivity index (χ0n) is 11.6. The van der Waals surface area contributed by atoms with Crippen LogP contribution < -0.4 is 11.3 Å². The lowest BCUT2D eigenvalue weighted by Crippen LogP contribution is -2.32. The molecule has 20 heavy (non-hydrogen) atoms. The normalized spacial score (nSPS) is 10.8. The van der Waals surface area contributed by atoms with Crippen LogP contribution in [0.25, 0.3) is 5.82 Å². The van der Waals surface area contributed by atoms with E-state index in [-0.39, 0.29) is 11.5 Å². The molecule has 0 aliphatic carbocycles. The Bertz CT molecular complexity index is 702. The van der Waals surface area contributed by atoms with Gasteiger partial charge in [-0.3, -0.25) is 9.59 Å². The lowest BCUT2D eigenvalue weighted by atomic mass is 10.1. The summed E-state index contributed by atoms with van der Waals surface area (Å²) >= 11 is 0. The zero-order chi connectivity index (χ0) is 14.9. The summed E-state index contributed by atoms with van der Waals surface area (Å²) in [5.41, 5.74) is 6.20. The zero-order valence-corrected chi connectivity index (χ0v) is 11.6. The van der Waals surface area contributed by atoms with Crippen molar-refractivity contribution in [2.24, 2.45) is 5.73 Å². The summed E-state index contributed by atoms with van der Waals surface area (Å²) in [7, 11) is 0. The molecular formula is C14H16N4O2. The van der Waals surface area contributed by atoms with Crippen LogP contribution in [0.4, 0.5) is 0 Å². The van der Waals surface area contributed by atoms with Gasteiger partial charge in [0.05, 0.1) is 5.69 Å². The molecule has 0 saturated carbocycles. The fourth-order valence-electron chi connectivity index (χ4n) is 1.71. The second-order valence-electron chi connectivity index (χ2n) is 4.91. The fourth-order valence-corrected chi connectivity index (χ4v) is 1.71. The maximum atomic E-state index is 12.2. The summed E-state index contributed by atoms with van der Waals surface area (Å²) in [6.07, 6.45) is 1.63. The van der Waals surface area contributed by atoms with Crippen LogP contribution in [0.2, 0.25) is 0 Å². The first kappa shape index (κ1) is 13.9. The summed E-state index contributed by atoms with van der Waals surface area (Å²) in [5.74, 6) is -0.337. The van der Waals surface area contributed by atoms with E-state index in [1.165, 1.54) is 6.07 Å². The van der Waals surface area contributed by atoms with Gasteiger partial charge in [-0.25, -0.2) is 4.98 Å². The highest BCUT2D eigenvalue weighted by Gasteiger charge is 2.16. The molecular weight excluding hydrogens is 256 g/mol. The summed E-state index contributed by atoms with van der Waals surface area (Å²) in [6.45, 7) is 5.74. The summed E-state index contributed by atoms with van der Waals surface area (Å²) in [4.78, 5) is 27.8. The van der Waals surface area contributed by atoms with Gasteiger partial charge in [-0.2, -0.15) is 9.78 Å². The monoisotopic (exact) mass is 272 g/mol. The van der Waals surface area contributed by atoms with Crippen molar-refractivity contribution in [3.63, 3.8) is 0 Å². The fraction of sp³-hybridized carbons (Fsp3) is 0.286. The van der Waals surface area contributed by atoms with Gasteiger partial charge in [-0.05, 0) is 30.5 Å². The summed E-state index contributed by atoms with van der Waals surface area (Å²) in [6, 6.07) is 4.95. The van der Waals surface area contributed by atoms with Gasteiger partial charge in [0.1, 0.15) is 5.56 Å². The number of amides is 1. The van der Waals surface area contributed by atoms with Gasteiger partial charge in [0.15, 0.2) is 5.82 Å². The number of aromatic nitrogens is 3. The highest BCUT2D eigenvalue weighted by Crippen LogP contribution is 2.12. The number of rotatable bonds is 3. The average molecular weight is 272 g/mol. The second-order valence-corrected chi connectivity index (χ2v) is 4.91. The number of carbonyl (C=O) groups excluding carboxylic acids is 1. The van der Waals surface area contributed by atoms with Crippen molar-refractivity contribution in [1.82, 2.24) is 14.8 Å². The predicted octanol–water partition coefficient (Wildman–Crippen LogP) is 1.16. The molecule has 2 aromatic rings. The van der Waals surface area contributed by atoms with E-state index in [2.05, 4.69) is 10.1 Å². The molecule has 0 aliphatic rings. The molecule has 104 valence electrons. The number of carbonyl (C=O) groups is 1. The second kappa shape index (κ2) is 5.24. The van der Waals surface area contributed by atoms with Gasteiger partial charge in [0.2, 0.25) is 0 Å². The third-order valence-corrected chi connectivity index (χ3v) is 2.90. The Balaban J connectivity index is 2.71. The highest BCUT2D eigenvalue weighted by atomic mass is 16.2. The number of aryl methyl sites for hydroxylation is 1. The SMILES string of the molecule is Cc1ccc(-n2nc(C(C)C)cc(C(N)=O)c2=O)nc1. The van der Waals surface area contributed by atoms with E-state index in [1.54, 1.807) is 12.3 Å². The smallest absolute Gasteiger partial charge is 0.285 e. The number of hydrogen-bond acceptors (Lipinski definition) is 4. The minimum atomic E-state index is -0.764. The van der Waals surface area contributed by atoms with Crippen molar-refractivity contribution in [3.8, 4) is 5.82 Å². The molecule has 0 aliphatic heterocycles. The van der Waals surface area contributed by atoms with Crippen LogP contribution >= 0.6 is 0 Å². The molecule has 2 rings (SSSR count). The van der Waals surface area contributed by atoms with Crippen LogP contribution in [-0.4, -0.2) is 20.7 Å². The van der Waals surface area contributed by atoms with Crippen LogP contribution in [0, 0.1) is 6.92 Å².